The smallest absolute Gasteiger partial charge is 0.346 e. The molecule has 0 heterocycles. The van der Waals surface area contributed by atoms with E-state index in [0.29, 0.717) is 12.8 Å². The Labute approximate surface area is 146 Å². The number of halogens is 3. The molecule has 0 bridgehead atoms. The molecule has 0 aliphatic heterocycles. The Balaban J connectivity index is 1.99. The minimum atomic E-state index is -4.25. The largest absolute Gasteiger partial charge is 0.391 e. The van der Waals surface area contributed by atoms with Crippen molar-refractivity contribution in [3.8, 4) is 0 Å². The number of alkyl halides is 3. The Morgan fingerprint density at radius 2 is 1.64 bits per heavy atom. The first-order valence-electron chi connectivity index (χ1n) is 8.51. The van der Waals surface area contributed by atoms with Crippen molar-refractivity contribution in [3.05, 3.63) is 35.4 Å². The second-order valence-electron chi connectivity index (χ2n) is 7.73. The fourth-order valence-electron chi connectivity index (χ4n) is 3.12. The van der Waals surface area contributed by atoms with Crippen molar-refractivity contribution < 1.29 is 22.8 Å². The van der Waals surface area contributed by atoms with Gasteiger partial charge in [-0.2, -0.15) is 13.2 Å². The van der Waals surface area contributed by atoms with Gasteiger partial charge in [0.1, 0.15) is 0 Å². The van der Waals surface area contributed by atoms with E-state index in [1.807, 2.05) is 20.8 Å². The monoisotopic (exact) mass is 355 g/mol. The van der Waals surface area contributed by atoms with Gasteiger partial charge in [-0.3, -0.25) is 9.59 Å². The second-order valence-corrected chi connectivity index (χ2v) is 7.73. The molecule has 0 aromatic heterocycles. The van der Waals surface area contributed by atoms with Crippen molar-refractivity contribution in [1.82, 2.24) is 5.32 Å². The van der Waals surface area contributed by atoms with E-state index in [1.54, 1.807) is 24.3 Å². The highest BCUT2D eigenvalue weighted by Crippen LogP contribution is 2.37. The van der Waals surface area contributed by atoms with Crippen LogP contribution in [0.25, 0.3) is 0 Å². The molecule has 25 heavy (non-hydrogen) atoms. The molecular weight excluding hydrogens is 331 g/mol. The third kappa shape index (κ3) is 5.06. The predicted molar refractivity (Wildman–Crippen MR) is 89.4 cm³/mol. The van der Waals surface area contributed by atoms with E-state index in [0.717, 1.165) is 5.56 Å². The van der Waals surface area contributed by atoms with E-state index >= 15 is 0 Å². The van der Waals surface area contributed by atoms with E-state index in [9.17, 15) is 22.8 Å². The Kier molecular flexibility index (Phi) is 5.59. The number of nitrogens with one attached hydrogen (secondary N) is 1. The van der Waals surface area contributed by atoms with Crippen LogP contribution in [-0.2, 0) is 10.2 Å². The van der Waals surface area contributed by atoms with Gasteiger partial charge in [-0.25, -0.2) is 0 Å². The average molecular weight is 355 g/mol. The molecule has 0 spiro atoms. The molecule has 1 fully saturated rings. The fraction of sp³-hybridized carbons (Fsp3) is 0.579. The standard InChI is InChI=1S/C19H24F3NO2/c1-18(2,3)13-9-7-12(8-10-13)16(24)17(25)23-15-6-4-5-14(11-15)19(20,21)22/h7-10,14-15H,4-6,11H2,1-3H3,(H,23,25). The molecule has 6 heteroatoms. The Hall–Kier alpha value is -1.85. The molecule has 1 aromatic rings. The van der Waals surface area contributed by atoms with Crippen molar-refractivity contribution >= 4 is 11.7 Å². The van der Waals surface area contributed by atoms with Crippen molar-refractivity contribution in [2.45, 2.75) is 64.1 Å². The third-order valence-corrected chi connectivity index (χ3v) is 4.69. The minimum Gasteiger partial charge on any atom is -0.346 e. The lowest BCUT2D eigenvalue weighted by molar-refractivity contribution is -0.183. The van der Waals surface area contributed by atoms with E-state index < -0.39 is 29.8 Å². The van der Waals surface area contributed by atoms with Crippen LogP contribution >= 0.6 is 0 Å². The van der Waals surface area contributed by atoms with E-state index in [-0.39, 0.29) is 23.8 Å². The summed E-state index contributed by atoms with van der Waals surface area (Å²) in [5.74, 6) is -2.96. The highest BCUT2D eigenvalue weighted by molar-refractivity contribution is 6.42. The molecule has 2 unspecified atom stereocenters. The molecule has 1 N–H and O–H groups in total. The first kappa shape index (κ1) is 19.5. The summed E-state index contributed by atoms with van der Waals surface area (Å²) >= 11 is 0. The Morgan fingerprint density at radius 3 is 2.16 bits per heavy atom. The van der Waals surface area contributed by atoms with Crippen LogP contribution < -0.4 is 5.32 Å². The van der Waals surface area contributed by atoms with Gasteiger partial charge in [0.05, 0.1) is 5.92 Å². The van der Waals surface area contributed by atoms with Crippen molar-refractivity contribution in [1.29, 1.82) is 0 Å². The Morgan fingerprint density at radius 1 is 1.04 bits per heavy atom. The number of Topliss-reactive ketones (excluding diaryl/α,β-unsaturated/α-hetero) is 1. The zero-order valence-corrected chi connectivity index (χ0v) is 14.7. The zero-order chi connectivity index (χ0) is 18.8. The van der Waals surface area contributed by atoms with Gasteiger partial charge in [-0.05, 0) is 30.2 Å². The molecule has 2 atom stereocenters. The van der Waals surface area contributed by atoms with Crippen molar-refractivity contribution in [2.24, 2.45) is 5.92 Å². The number of hydrogen-bond donors (Lipinski definition) is 1. The number of hydrogen-bond acceptors (Lipinski definition) is 2. The van der Waals surface area contributed by atoms with Gasteiger partial charge < -0.3 is 5.32 Å². The number of amides is 1. The lowest BCUT2D eigenvalue weighted by Crippen LogP contribution is -2.44. The highest BCUT2D eigenvalue weighted by atomic mass is 19.4. The van der Waals surface area contributed by atoms with Gasteiger partial charge in [-0.15, -0.1) is 0 Å². The topological polar surface area (TPSA) is 46.2 Å². The predicted octanol–water partition coefficient (Wildman–Crippen LogP) is 4.40. The summed E-state index contributed by atoms with van der Waals surface area (Å²) < 4.78 is 38.5. The normalized spacial score (nSPS) is 21.7. The first-order valence-corrected chi connectivity index (χ1v) is 8.51. The lowest BCUT2D eigenvalue weighted by Gasteiger charge is -2.30. The molecule has 0 saturated heterocycles. The SMILES string of the molecule is CC(C)(C)c1ccc(C(=O)C(=O)NC2CCCC(C(F)(F)F)C2)cc1. The molecular formula is C19H24F3NO2. The van der Waals surface area contributed by atoms with Crippen LogP contribution in [0, 0.1) is 5.92 Å². The molecule has 3 nitrogen and oxygen atoms in total. The highest BCUT2D eigenvalue weighted by Gasteiger charge is 2.42. The summed E-state index contributed by atoms with van der Waals surface area (Å²) in [5, 5.41) is 2.48. The lowest BCUT2D eigenvalue weighted by atomic mass is 9.85. The van der Waals surface area contributed by atoms with Crippen molar-refractivity contribution in [2.75, 3.05) is 0 Å². The van der Waals surface area contributed by atoms with Gasteiger partial charge in [0.2, 0.25) is 5.78 Å². The summed E-state index contributed by atoms with van der Waals surface area (Å²) in [6, 6.07) is 6.15. The van der Waals surface area contributed by atoms with Crippen LogP contribution in [-0.4, -0.2) is 23.9 Å². The average Bonchev–Trinajstić information content (AvgIpc) is 2.53. The van der Waals surface area contributed by atoms with Crippen molar-refractivity contribution in [3.63, 3.8) is 0 Å². The van der Waals surface area contributed by atoms with E-state index in [4.69, 9.17) is 0 Å². The number of carbonyl (C=O) groups excluding carboxylic acids is 2. The summed E-state index contributed by atoms with van der Waals surface area (Å²) in [5.41, 5.74) is 1.21. The van der Waals surface area contributed by atoms with Crippen LogP contribution in [0.3, 0.4) is 0 Å². The maximum absolute atomic E-state index is 12.8. The maximum atomic E-state index is 12.8. The van der Waals surface area contributed by atoms with E-state index in [1.165, 1.54) is 0 Å². The van der Waals surface area contributed by atoms with Gasteiger partial charge in [0.25, 0.3) is 5.91 Å². The molecule has 2 rings (SSSR count). The van der Waals surface area contributed by atoms with Gasteiger partial charge in [0.15, 0.2) is 0 Å². The molecule has 1 aliphatic rings. The Bertz CT molecular complexity index is 630. The van der Waals surface area contributed by atoms with Crippen LogP contribution in [0.4, 0.5) is 13.2 Å². The summed E-state index contributed by atoms with van der Waals surface area (Å²) in [7, 11) is 0. The first-order chi connectivity index (χ1) is 11.5. The second kappa shape index (κ2) is 7.18. The van der Waals surface area contributed by atoms with Crippen LogP contribution in [0.15, 0.2) is 24.3 Å². The van der Waals surface area contributed by atoms with Gasteiger partial charge in [0, 0.05) is 11.6 Å². The molecule has 138 valence electrons. The zero-order valence-electron chi connectivity index (χ0n) is 14.7. The number of rotatable bonds is 3. The molecule has 1 saturated carbocycles. The number of benzene rings is 1. The maximum Gasteiger partial charge on any atom is 0.391 e. The summed E-state index contributed by atoms with van der Waals surface area (Å²) in [6.45, 7) is 6.12. The van der Waals surface area contributed by atoms with Crippen LogP contribution in [0.5, 0.6) is 0 Å². The minimum absolute atomic E-state index is 0.0709. The molecule has 1 aromatic carbocycles. The van der Waals surface area contributed by atoms with Crippen LogP contribution in [0.1, 0.15) is 62.4 Å². The summed E-state index contributed by atoms with van der Waals surface area (Å²) in [6.07, 6.45) is -3.47. The molecule has 0 radical (unpaired) electrons. The van der Waals surface area contributed by atoms with Crippen LogP contribution in [0.2, 0.25) is 0 Å². The van der Waals surface area contributed by atoms with Gasteiger partial charge >= 0.3 is 6.18 Å². The number of carbonyl (C=O) groups is 2. The van der Waals surface area contributed by atoms with Gasteiger partial charge in [-0.1, -0.05) is 51.5 Å². The molecule has 1 amide bonds. The summed E-state index contributed by atoms with van der Waals surface area (Å²) in [4.78, 5) is 24.3. The number of ketones is 1. The third-order valence-electron chi connectivity index (χ3n) is 4.69. The molecule has 1 aliphatic carbocycles. The quantitative estimate of drug-likeness (QED) is 0.645. The fourth-order valence-corrected chi connectivity index (χ4v) is 3.12. The van der Waals surface area contributed by atoms with E-state index in [2.05, 4.69) is 5.32 Å².